The minimum Gasteiger partial charge on any atom is -0.379 e. The summed E-state index contributed by atoms with van der Waals surface area (Å²) in [7, 11) is 0. The van der Waals surface area contributed by atoms with Crippen LogP contribution in [-0.2, 0) is 11.3 Å². The molecule has 6 heteroatoms. The molecule has 2 fully saturated rings. The van der Waals surface area contributed by atoms with Gasteiger partial charge in [-0.3, -0.25) is 9.69 Å². The fourth-order valence-electron chi connectivity index (χ4n) is 3.81. The number of thiophene rings is 1. The Morgan fingerprint density at radius 1 is 1.38 bits per heavy atom. The van der Waals surface area contributed by atoms with Crippen LogP contribution < -0.4 is 5.32 Å². The van der Waals surface area contributed by atoms with Gasteiger partial charge in [0, 0.05) is 36.1 Å². The fraction of sp³-hybridized carbons (Fsp3) is 0.611. The van der Waals surface area contributed by atoms with Crippen LogP contribution in [-0.4, -0.2) is 48.1 Å². The van der Waals surface area contributed by atoms with E-state index in [2.05, 4.69) is 28.2 Å². The number of aromatic amines is 1. The van der Waals surface area contributed by atoms with E-state index >= 15 is 0 Å². The van der Waals surface area contributed by atoms with Crippen LogP contribution in [0.5, 0.6) is 0 Å². The van der Waals surface area contributed by atoms with E-state index in [1.54, 1.807) is 11.3 Å². The number of aryl methyl sites for hydroxylation is 1. The van der Waals surface area contributed by atoms with Crippen LogP contribution in [0.3, 0.4) is 0 Å². The monoisotopic (exact) mass is 347 g/mol. The number of morpholine rings is 1. The zero-order valence-corrected chi connectivity index (χ0v) is 15.0. The normalized spacial score (nSPS) is 20.0. The molecule has 5 nitrogen and oxygen atoms in total. The number of rotatable bonds is 4. The number of nitrogens with one attached hydrogen (secondary N) is 2. The molecule has 3 heterocycles. The predicted octanol–water partition coefficient (Wildman–Crippen LogP) is 3.04. The number of H-pyrrole nitrogens is 1. The van der Waals surface area contributed by atoms with Crippen molar-refractivity contribution in [2.45, 2.75) is 45.2 Å². The van der Waals surface area contributed by atoms with Crippen LogP contribution in [0.25, 0.3) is 10.2 Å². The van der Waals surface area contributed by atoms with Gasteiger partial charge < -0.3 is 15.0 Å². The highest BCUT2D eigenvalue weighted by Crippen LogP contribution is 2.32. The lowest BCUT2D eigenvalue weighted by atomic mass is 10.2. The quantitative estimate of drug-likeness (QED) is 0.894. The smallest absolute Gasteiger partial charge is 0.268 e. The third kappa shape index (κ3) is 3.23. The van der Waals surface area contributed by atoms with Crippen LogP contribution in [0.15, 0.2) is 6.07 Å². The highest BCUT2D eigenvalue weighted by Gasteiger charge is 2.25. The molecule has 2 aliphatic rings. The molecule has 0 aromatic carbocycles. The van der Waals surface area contributed by atoms with Crippen LogP contribution in [0, 0.1) is 6.92 Å². The summed E-state index contributed by atoms with van der Waals surface area (Å²) in [5.41, 5.74) is 3.01. The highest BCUT2D eigenvalue weighted by atomic mass is 32.1. The van der Waals surface area contributed by atoms with Crippen molar-refractivity contribution >= 4 is 27.5 Å². The summed E-state index contributed by atoms with van der Waals surface area (Å²) in [6, 6.07) is 2.49. The Balaban J connectivity index is 1.61. The molecule has 0 unspecified atom stereocenters. The Kier molecular flexibility index (Phi) is 4.61. The molecule has 2 N–H and O–H groups in total. The Morgan fingerprint density at radius 3 is 2.88 bits per heavy atom. The molecule has 1 aliphatic heterocycles. The molecule has 0 bridgehead atoms. The van der Waals surface area contributed by atoms with E-state index in [0.717, 1.165) is 62.5 Å². The van der Waals surface area contributed by atoms with Gasteiger partial charge in [0.2, 0.25) is 0 Å². The third-order valence-corrected chi connectivity index (χ3v) is 6.20. The highest BCUT2D eigenvalue weighted by molar-refractivity contribution is 7.19. The molecule has 4 rings (SSSR count). The van der Waals surface area contributed by atoms with Crippen molar-refractivity contribution in [3.8, 4) is 0 Å². The molecular weight excluding hydrogens is 322 g/mol. The van der Waals surface area contributed by atoms with Gasteiger partial charge in [-0.25, -0.2) is 0 Å². The average Bonchev–Trinajstić information content (AvgIpc) is 3.27. The first-order valence-electron chi connectivity index (χ1n) is 8.92. The van der Waals surface area contributed by atoms with E-state index in [4.69, 9.17) is 4.74 Å². The van der Waals surface area contributed by atoms with Gasteiger partial charge in [-0.15, -0.1) is 11.3 Å². The Hall–Kier alpha value is -1.37. The van der Waals surface area contributed by atoms with E-state index in [9.17, 15) is 4.79 Å². The minimum atomic E-state index is 0.0613. The summed E-state index contributed by atoms with van der Waals surface area (Å²) in [6.45, 7) is 6.36. The number of fused-ring (bicyclic) bond motifs is 1. The molecule has 1 saturated heterocycles. The van der Waals surface area contributed by atoms with Gasteiger partial charge in [0.05, 0.1) is 23.4 Å². The molecule has 2 aromatic rings. The first-order valence-corrected chi connectivity index (χ1v) is 9.74. The van der Waals surface area contributed by atoms with Gasteiger partial charge in [0.1, 0.15) is 5.69 Å². The van der Waals surface area contributed by atoms with Crippen molar-refractivity contribution in [2.75, 3.05) is 26.3 Å². The third-order valence-electron chi connectivity index (χ3n) is 5.09. The summed E-state index contributed by atoms with van der Waals surface area (Å²) in [4.78, 5) is 19.9. The van der Waals surface area contributed by atoms with Crippen LogP contribution in [0.1, 0.15) is 46.6 Å². The summed E-state index contributed by atoms with van der Waals surface area (Å²) in [5, 5.41) is 3.23. The maximum absolute atomic E-state index is 12.8. The van der Waals surface area contributed by atoms with Crippen molar-refractivity contribution in [3.63, 3.8) is 0 Å². The summed E-state index contributed by atoms with van der Waals surface area (Å²) in [5.74, 6) is 0.0613. The lowest BCUT2D eigenvalue weighted by Gasteiger charge is -2.26. The average molecular weight is 347 g/mol. The standard InChI is InChI=1S/C18H25N3O2S/c1-12-10-15-17(24-12)14(11-21-6-8-23-9-7-21)16(20-15)18(22)19-13-4-2-3-5-13/h10,13,20H,2-9,11H2,1H3,(H,19,22). The van der Waals surface area contributed by atoms with Gasteiger partial charge in [-0.1, -0.05) is 12.8 Å². The molecule has 0 spiro atoms. The van der Waals surface area contributed by atoms with Crippen molar-refractivity contribution in [2.24, 2.45) is 0 Å². The van der Waals surface area contributed by atoms with Gasteiger partial charge in [-0.05, 0) is 25.8 Å². The lowest BCUT2D eigenvalue weighted by molar-refractivity contribution is 0.0342. The zero-order chi connectivity index (χ0) is 16.5. The largest absolute Gasteiger partial charge is 0.379 e. The lowest BCUT2D eigenvalue weighted by Crippen LogP contribution is -2.37. The molecule has 2 aromatic heterocycles. The summed E-state index contributed by atoms with van der Waals surface area (Å²) >= 11 is 1.78. The Labute approximate surface area is 146 Å². The molecule has 1 aliphatic carbocycles. The van der Waals surface area contributed by atoms with Crippen molar-refractivity contribution in [1.29, 1.82) is 0 Å². The van der Waals surface area contributed by atoms with E-state index < -0.39 is 0 Å². The molecular formula is C18H25N3O2S. The van der Waals surface area contributed by atoms with Gasteiger partial charge >= 0.3 is 0 Å². The first kappa shape index (κ1) is 16.1. The van der Waals surface area contributed by atoms with E-state index in [1.807, 2.05) is 0 Å². The van der Waals surface area contributed by atoms with E-state index in [0.29, 0.717) is 6.04 Å². The van der Waals surface area contributed by atoms with E-state index in [-0.39, 0.29) is 5.91 Å². The second-order valence-electron chi connectivity index (χ2n) is 6.92. The number of hydrogen-bond acceptors (Lipinski definition) is 4. The van der Waals surface area contributed by atoms with Crippen LogP contribution in [0.4, 0.5) is 0 Å². The number of carbonyl (C=O) groups excluding carboxylic acids is 1. The van der Waals surface area contributed by atoms with Gasteiger partial charge in [0.25, 0.3) is 5.91 Å². The number of aromatic nitrogens is 1. The van der Waals surface area contributed by atoms with Gasteiger partial charge in [-0.2, -0.15) is 0 Å². The Morgan fingerprint density at radius 2 is 2.12 bits per heavy atom. The Bertz CT molecular complexity index is 724. The molecule has 0 atom stereocenters. The van der Waals surface area contributed by atoms with Crippen molar-refractivity contribution in [1.82, 2.24) is 15.2 Å². The fourth-order valence-corrected chi connectivity index (χ4v) is 4.82. The number of ether oxygens (including phenoxy) is 1. The van der Waals surface area contributed by atoms with Gasteiger partial charge in [0.15, 0.2) is 0 Å². The second-order valence-corrected chi connectivity index (χ2v) is 8.18. The molecule has 130 valence electrons. The summed E-state index contributed by atoms with van der Waals surface area (Å²) in [6.07, 6.45) is 4.67. The number of hydrogen-bond donors (Lipinski definition) is 2. The maximum Gasteiger partial charge on any atom is 0.268 e. The SMILES string of the molecule is Cc1cc2[nH]c(C(=O)NC3CCCC3)c(CN3CCOCC3)c2s1. The van der Waals surface area contributed by atoms with Crippen molar-refractivity contribution in [3.05, 3.63) is 22.2 Å². The number of nitrogens with zero attached hydrogens (tertiary/aromatic N) is 1. The molecule has 1 amide bonds. The zero-order valence-electron chi connectivity index (χ0n) is 14.2. The molecule has 24 heavy (non-hydrogen) atoms. The number of carbonyl (C=O) groups is 1. The van der Waals surface area contributed by atoms with Crippen LogP contribution >= 0.6 is 11.3 Å². The number of amides is 1. The van der Waals surface area contributed by atoms with Crippen molar-refractivity contribution < 1.29 is 9.53 Å². The topological polar surface area (TPSA) is 57.4 Å². The second kappa shape index (κ2) is 6.86. The minimum absolute atomic E-state index is 0.0613. The van der Waals surface area contributed by atoms with Crippen LogP contribution in [0.2, 0.25) is 0 Å². The molecule has 0 radical (unpaired) electrons. The van der Waals surface area contributed by atoms with E-state index in [1.165, 1.54) is 22.4 Å². The predicted molar refractivity (Wildman–Crippen MR) is 96.7 cm³/mol. The summed E-state index contributed by atoms with van der Waals surface area (Å²) < 4.78 is 6.68. The molecule has 1 saturated carbocycles. The maximum atomic E-state index is 12.8. The first-order chi connectivity index (χ1) is 11.7.